The second kappa shape index (κ2) is 5.66. The average Bonchev–Trinajstić information content (AvgIpc) is 2.66. The van der Waals surface area contributed by atoms with Crippen molar-refractivity contribution in [1.82, 2.24) is 0 Å². The minimum Gasteiger partial charge on any atom is -0.299 e. The average molecular weight is 276 g/mol. The van der Waals surface area contributed by atoms with Gasteiger partial charge in [0, 0.05) is 12.3 Å². The molecule has 0 aromatic heterocycles. The molecular formula is C19H32O. The molecule has 0 bridgehead atoms. The summed E-state index contributed by atoms with van der Waals surface area (Å²) >= 11 is 0. The van der Waals surface area contributed by atoms with Crippen LogP contribution in [0.25, 0.3) is 0 Å². The smallest absolute Gasteiger partial charge is 0.136 e. The summed E-state index contributed by atoms with van der Waals surface area (Å²) < 4.78 is 0. The lowest BCUT2D eigenvalue weighted by Crippen LogP contribution is -2.37. The van der Waals surface area contributed by atoms with Crippen molar-refractivity contribution in [3.63, 3.8) is 0 Å². The third-order valence-electron chi connectivity index (χ3n) is 5.78. The van der Waals surface area contributed by atoms with E-state index < -0.39 is 0 Å². The summed E-state index contributed by atoms with van der Waals surface area (Å²) in [6.45, 7) is 13.7. The van der Waals surface area contributed by atoms with E-state index in [1.54, 1.807) is 0 Å². The van der Waals surface area contributed by atoms with Gasteiger partial charge in [-0.1, -0.05) is 39.8 Å². The highest BCUT2D eigenvalue weighted by Crippen LogP contribution is 2.56. The van der Waals surface area contributed by atoms with Gasteiger partial charge in [-0.25, -0.2) is 0 Å². The standard InChI is InChI=1S/C19H32O/c1-14(8-6-12-18(2,3)4)15-10-11-16-17(20)9-7-13-19(15,16)5/h15-16H,1,6-13H2,2-5H3/t15-,16+,19-/m1/s1. The summed E-state index contributed by atoms with van der Waals surface area (Å²) in [4.78, 5) is 12.2. The van der Waals surface area contributed by atoms with Gasteiger partial charge in [0.2, 0.25) is 0 Å². The molecule has 3 atom stereocenters. The fourth-order valence-corrected chi connectivity index (χ4v) is 4.62. The van der Waals surface area contributed by atoms with Gasteiger partial charge in [0.05, 0.1) is 0 Å². The lowest BCUT2D eigenvalue weighted by molar-refractivity contribution is -0.129. The van der Waals surface area contributed by atoms with Gasteiger partial charge < -0.3 is 0 Å². The van der Waals surface area contributed by atoms with Crippen LogP contribution in [0, 0.1) is 22.7 Å². The Morgan fingerprint density at radius 1 is 1.35 bits per heavy atom. The molecule has 2 fully saturated rings. The van der Waals surface area contributed by atoms with Crippen LogP contribution in [0.3, 0.4) is 0 Å². The third-order valence-corrected chi connectivity index (χ3v) is 5.78. The van der Waals surface area contributed by atoms with E-state index in [2.05, 4.69) is 34.3 Å². The maximum Gasteiger partial charge on any atom is 0.136 e. The van der Waals surface area contributed by atoms with E-state index in [1.165, 1.54) is 31.3 Å². The van der Waals surface area contributed by atoms with E-state index >= 15 is 0 Å². The topological polar surface area (TPSA) is 17.1 Å². The second-order valence-electron chi connectivity index (χ2n) is 8.58. The highest BCUT2D eigenvalue weighted by atomic mass is 16.1. The predicted molar refractivity (Wildman–Crippen MR) is 85.6 cm³/mol. The Bertz CT molecular complexity index is 387. The number of carbonyl (C=O) groups is 1. The molecule has 0 N–H and O–H groups in total. The van der Waals surface area contributed by atoms with Crippen molar-refractivity contribution in [2.45, 2.75) is 79.1 Å². The molecule has 0 radical (unpaired) electrons. The van der Waals surface area contributed by atoms with Crippen molar-refractivity contribution in [3.05, 3.63) is 12.2 Å². The van der Waals surface area contributed by atoms with Crippen molar-refractivity contribution >= 4 is 5.78 Å². The van der Waals surface area contributed by atoms with Gasteiger partial charge in [-0.05, 0) is 61.7 Å². The Morgan fingerprint density at radius 2 is 2.05 bits per heavy atom. The number of hydrogen-bond acceptors (Lipinski definition) is 1. The van der Waals surface area contributed by atoms with Crippen LogP contribution in [0.1, 0.15) is 79.1 Å². The molecule has 2 aliphatic carbocycles. The number of allylic oxidation sites excluding steroid dienone is 1. The van der Waals surface area contributed by atoms with Crippen LogP contribution in [0.5, 0.6) is 0 Å². The molecule has 0 aliphatic heterocycles. The lowest BCUT2D eigenvalue weighted by atomic mass is 9.63. The predicted octanol–water partition coefficient (Wildman–Crippen LogP) is 5.54. The van der Waals surface area contributed by atoms with Crippen LogP contribution >= 0.6 is 0 Å². The Morgan fingerprint density at radius 3 is 2.70 bits per heavy atom. The zero-order valence-electron chi connectivity index (χ0n) is 13.9. The normalized spacial score (nSPS) is 34.1. The summed E-state index contributed by atoms with van der Waals surface area (Å²) in [6.07, 6.45) is 9.11. The minimum atomic E-state index is 0.230. The minimum absolute atomic E-state index is 0.230. The maximum atomic E-state index is 12.2. The van der Waals surface area contributed by atoms with Gasteiger partial charge in [-0.3, -0.25) is 4.79 Å². The van der Waals surface area contributed by atoms with Crippen LogP contribution in [0.4, 0.5) is 0 Å². The Balaban J connectivity index is 1.95. The third kappa shape index (κ3) is 3.18. The number of hydrogen-bond donors (Lipinski definition) is 0. The molecule has 0 heterocycles. The first-order chi connectivity index (χ1) is 9.24. The summed E-state index contributed by atoms with van der Waals surface area (Å²) in [5, 5.41) is 0. The zero-order valence-corrected chi connectivity index (χ0v) is 13.9. The first kappa shape index (κ1) is 15.8. The number of fused-ring (bicyclic) bond motifs is 1. The molecule has 1 nitrogen and oxygen atoms in total. The van der Waals surface area contributed by atoms with E-state index in [-0.39, 0.29) is 5.41 Å². The van der Waals surface area contributed by atoms with Crippen LogP contribution in [-0.2, 0) is 4.79 Å². The Hall–Kier alpha value is -0.590. The largest absolute Gasteiger partial charge is 0.299 e. The molecule has 2 rings (SSSR count). The SMILES string of the molecule is C=C(CCCC(C)(C)C)[C@H]1CC[C@H]2C(=O)CCC[C@]12C. The summed E-state index contributed by atoms with van der Waals surface area (Å²) in [6, 6.07) is 0. The second-order valence-corrected chi connectivity index (χ2v) is 8.58. The fourth-order valence-electron chi connectivity index (χ4n) is 4.62. The fraction of sp³-hybridized carbons (Fsp3) is 0.842. The van der Waals surface area contributed by atoms with Crippen molar-refractivity contribution in [3.8, 4) is 0 Å². The summed E-state index contributed by atoms with van der Waals surface area (Å²) in [7, 11) is 0. The van der Waals surface area contributed by atoms with Gasteiger partial charge in [-0.2, -0.15) is 0 Å². The monoisotopic (exact) mass is 276 g/mol. The summed E-state index contributed by atoms with van der Waals surface area (Å²) in [5.41, 5.74) is 2.08. The number of ketones is 1. The number of rotatable bonds is 4. The quantitative estimate of drug-likeness (QED) is 0.616. The Kier molecular flexibility index (Phi) is 4.47. The van der Waals surface area contributed by atoms with E-state index in [0.717, 1.165) is 25.7 Å². The summed E-state index contributed by atoms with van der Waals surface area (Å²) in [5.74, 6) is 1.46. The van der Waals surface area contributed by atoms with Crippen molar-refractivity contribution in [2.24, 2.45) is 22.7 Å². The van der Waals surface area contributed by atoms with Crippen LogP contribution in [0.2, 0.25) is 0 Å². The maximum absolute atomic E-state index is 12.2. The molecule has 0 amide bonds. The molecule has 2 saturated carbocycles. The molecule has 0 aromatic carbocycles. The molecule has 114 valence electrons. The number of Topliss-reactive ketones (excluding diaryl/α,β-unsaturated/α-hetero) is 1. The molecule has 0 unspecified atom stereocenters. The van der Waals surface area contributed by atoms with E-state index in [1.807, 2.05) is 0 Å². The first-order valence-corrected chi connectivity index (χ1v) is 8.44. The van der Waals surface area contributed by atoms with Crippen molar-refractivity contribution in [1.29, 1.82) is 0 Å². The van der Waals surface area contributed by atoms with Crippen LogP contribution in [-0.4, -0.2) is 5.78 Å². The highest BCUT2D eigenvalue weighted by molar-refractivity contribution is 5.83. The molecule has 0 aromatic rings. The van der Waals surface area contributed by atoms with Crippen molar-refractivity contribution < 1.29 is 4.79 Å². The lowest BCUT2D eigenvalue weighted by Gasteiger charge is -2.40. The van der Waals surface area contributed by atoms with E-state index in [0.29, 0.717) is 23.0 Å². The van der Waals surface area contributed by atoms with Gasteiger partial charge in [0.25, 0.3) is 0 Å². The molecule has 20 heavy (non-hydrogen) atoms. The molecule has 2 aliphatic rings. The molecular weight excluding hydrogens is 244 g/mol. The highest BCUT2D eigenvalue weighted by Gasteiger charge is 2.51. The number of carbonyl (C=O) groups excluding carboxylic acids is 1. The van der Waals surface area contributed by atoms with Gasteiger partial charge in [0.15, 0.2) is 0 Å². The van der Waals surface area contributed by atoms with E-state index in [4.69, 9.17) is 0 Å². The molecule has 0 saturated heterocycles. The first-order valence-electron chi connectivity index (χ1n) is 8.44. The van der Waals surface area contributed by atoms with Gasteiger partial charge >= 0.3 is 0 Å². The van der Waals surface area contributed by atoms with Crippen molar-refractivity contribution in [2.75, 3.05) is 0 Å². The van der Waals surface area contributed by atoms with E-state index in [9.17, 15) is 4.79 Å². The van der Waals surface area contributed by atoms with Crippen LogP contribution < -0.4 is 0 Å². The Labute approximate surface area is 125 Å². The molecule has 0 spiro atoms. The van der Waals surface area contributed by atoms with Gasteiger partial charge in [-0.15, -0.1) is 0 Å². The zero-order chi connectivity index (χ0) is 15.0. The van der Waals surface area contributed by atoms with Gasteiger partial charge in [0.1, 0.15) is 5.78 Å². The van der Waals surface area contributed by atoms with Crippen LogP contribution in [0.15, 0.2) is 12.2 Å². The molecule has 1 heteroatoms.